The topological polar surface area (TPSA) is 80.0 Å². The van der Waals surface area contributed by atoms with Crippen LogP contribution >= 0.6 is 0 Å². The Hall–Kier alpha value is -1.43. The predicted octanol–water partition coefficient (Wildman–Crippen LogP) is 1.27. The van der Waals surface area contributed by atoms with Crippen LogP contribution in [0.3, 0.4) is 0 Å². The molecule has 1 amide bonds. The molecule has 1 saturated carbocycles. The first-order valence-electron chi connectivity index (χ1n) is 6.91. The van der Waals surface area contributed by atoms with Gasteiger partial charge in [-0.15, -0.1) is 0 Å². The highest BCUT2D eigenvalue weighted by Gasteiger charge is 2.45. The Labute approximate surface area is 112 Å². The zero-order chi connectivity index (χ0) is 13.5. The summed E-state index contributed by atoms with van der Waals surface area (Å²) in [6, 6.07) is 0.108. The summed E-state index contributed by atoms with van der Waals surface area (Å²) in [6.45, 7) is 6.08. The summed E-state index contributed by atoms with van der Waals surface area (Å²) in [4.78, 5) is 16.1. The zero-order valence-electron chi connectivity index (χ0n) is 11.4. The third-order valence-electron chi connectivity index (χ3n) is 4.23. The van der Waals surface area contributed by atoms with Crippen LogP contribution < -0.4 is 10.6 Å². The molecule has 2 fully saturated rings. The molecule has 0 aromatic carbocycles. The highest BCUT2D eigenvalue weighted by atomic mass is 16.5. The van der Waals surface area contributed by atoms with E-state index in [2.05, 4.69) is 34.6 Å². The molecule has 104 valence electrons. The first-order valence-corrected chi connectivity index (χ1v) is 6.91. The number of hydrogen-bond donors (Lipinski definition) is 2. The molecule has 0 radical (unpaired) electrons. The average molecular weight is 264 g/mol. The molecule has 2 atom stereocenters. The number of hydrogen-bond acceptors (Lipinski definition) is 5. The molecular weight excluding hydrogens is 244 g/mol. The zero-order valence-corrected chi connectivity index (χ0v) is 11.4. The Bertz CT molecular complexity index is 477. The molecule has 2 aliphatic rings. The van der Waals surface area contributed by atoms with E-state index in [1.54, 1.807) is 0 Å². The smallest absolute Gasteiger partial charge is 0.292 e. The molecule has 1 saturated heterocycles. The molecule has 2 unspecified atom stereocenters. The number of carbonyl (C=O) groups excluding carboxylic acids is 1. The van der Waals surface area contributed by atoms with E-state index in [1.807, 2.05) is 0 Å². The van der Waals surface area contributed by atoms with Crippen molar-refractivity contribution >= 4 is 5.91 Å². The lowest BCUT2D eigenvalue weighted by Crippen LogP contribution is -2.27. The van der Waals surface area contributed by atoms with Gasteiger partial charge in [0.25, 0.3) is 11.7 Å². The number of nitrogens with zero attached hydrogens (tertiary/aromatic N) is 2. The Kier molecular flexibility index (Phi) is 3.05. The molecule has 1 aliphatic heterocycles. The number of amides is 1. The average Bonchev–Trinajstić information content (AvgIpc) is 2.89. The fraction of sp³-hybridized carbons (Fsp3) is 0.769. The second kappa shape index (κ2) is 4.59. The van der Waals surface area contributed by atoms with Gasteiger partial charge < -0.3 is 15.2 Å². The third kappa shape index (κ3) is 2.63. The monoisotopic (exact) mass is 264 g/mol. The number of aromatic nitrogens is 2. The maximum atomic E-state index is 11.9. The summed E-state index contributed by atoms with van der Waals surface area (Å²) >= 11 is 0. The van der Waals surface area contributed by atoms with Crippen LogP contribution in [-0.4, -0.2) is 29.1 Å². The van der Waals surface area contributed by atoms with E-state index in [9.17, 15) is 4.79 Å². The summed E-state index contributed by atoms with van der Waals surface area (Å²) in [5, 5.41) is 9.90. The molecule has 19 heavy (non-hydrogen) atoms. The van der Waals surface area contributed by atoms with Crippen molar-refractivity contribution in [1.29, 1.82) is 0 Å². The first kappa shape index (κ1) is 12.6. The van der Waals surface area contributed by atoms with Gasteiger partial charge >= 0.3 is 0 Å². The van der Waals surface area contributed by atoms with Crippen molar-refractivity contribution in [3.63, 3.8) is 0 Å². The van der Waals surface area contributed by atoms with E-state index in [0.717, 1.165) is 25.8 Å². The highest BCUT2D eigenvalue weighted by molar-refractivity contribution is 5.90. The fourth-order valence-electron chi connectivity index (χ4n) is 2.58. The van der Waals surface area contributed by atoms with Crippen LogP contribution in [-0.2, 0) is 0 Å². The normalized spacial score (nSPS) is 28.3. The van der Waals surface area contributed by atoms with Crippen LogP contribution in [0.4, 0.5) is 0 Å². The van der Waals surface area contributed by atoms with Crippen molar-refractivity contribution in [2.45, 2.75) is 39.2 Å². The highest BCUT2D eigenvalue weighted by Crippen LogP contribution is 2.50. The third-order valence-corrected chi connectivity index (χ3v) is 4.23. The van der Waals surface area contributed by atoms with Crippen LogP contribution in [0.1, 0.15) is 55.7 Å². The fourth-order valence-corrected chi connectivity index (χ4v) is 2.58. The van der Waals surface area contributed by atoms with Gasteiger partial charge in [-0.3, -0.25) is 4.79 Å². The minimum atomic E-state index is -0.240. The van der Waals surface area contributed by atoms with Gasteiger partial charge in [-0.05, 0) is 37.1 Å². The van der Waals surface area contributed by atoms with Crippen molar-refractivity contribution in [2.24, 2.45) is 11.3 Å². The van der Waals surface area contributed by atoms with Crippen LogP contribution in [0.25, 0.3) is 0 Å². The van der Waals surface area contributed by atoms with E-state index in [1.165, 1.54) is 0 Å². The van der Waals surface area contributed by atoms with Crippen LogP contribution in [0.15, 0.2) is 4.52 Å². The quantitative estimate of drug-likeness (QED) is 0.856. The van der Waals surface area contributed by atoms with E-state index < -0.39 is 0 Å². The lowest BCUT2D eigenvalue weighted by Gasteiger charge is -2.04. The van der Waals surface area contributed by atoms with Crippen molar-refractivity contribution in [3.05, 3.63) is 11.7 Å². The molecule has 2 N–H and O–H groups in total. The number of nitrogens with one attached hydrogen (secondary N) is 2. The molecule has 3 rings (SSSR count). The van der Waals surface area contributed by atoms with Crippen LogP contribution in [0.5, 0.6) is 0 Å². The van der Waals surface area contributed by atoms with Crippen molar-refractivity contribution in [2.75, 3.05) is 13.1 Å². The first-order chi connectivity index (χ1) is 9.06. The van der Waals surface area contributed by atoms with Crippen LogP contribution in [0, 0.1) is 11.3 Å². The van der Waals surface area contributed by atoms with E-state index in [4.69, 9.17) is 4.52 Å². The molecule has 0 spiro atoms. The van der Waals surface area contributed by atoms with Gasteiger partial charge in [0.15, 0.2) is 0 Å². The molecule has 1 aromatic rings. The Morgan fingerprint density at radius 1 is 1.58 bits per heavy atom. The van der Waals surface area contributed by atoms with Gasteiger partial charge in [-0.25, -0.2) is 0 Å². The summed E-state index contributed by atoms with van der Waals surface area (Å²) in [7, 11) is 0. The number of rotatable bonds is 4. The lowest BCUT2D eigenvalue weighted by molar-refractivity contribution is 0.0937. The van der Waals surface area contributed by atoms with Crippen molar-refractivity contribution in [1.82, 2.24) is 20.8 Å². The molecule has 6 heteroatoms. The van der Waals surface area contributed by atoms with Crippen molar-refractivity contribution < 1.29 is 9.32 Å². The van der Waals surface area contributed by atoms with E-state index in [-0.39, 0.29) is 17.8 Å². The van der Waals surface area contributed by atoms with Gasteiger partial charge in [0.2, 0.25) is 5.89 Å². The molecule has 1 aliphatic carbocycles. The summed E-state index contributed by atoms with van der Waals surface area (Å²) in [6.07, 6.45) is 3.25. The van der Waals surface area contributed by atoms with Gasteiger partial charge in [0.05, 0.1) is 6.04 Å². The summed E-state index contributed by atoms with van der Waals surface area (Å²) < 4.78 is 5.15. The van der Waals surface area contributed by atoms with Gasteiger partial charge in [-0.2, -0.15) is 4.98 Å². The molecular formula is C13H20N4O2. The van der Waals surface area contributed by atoms with E-state index >= 15 is 0 Å². The number of carbonyl (C=O) groups is 1. The largest absolute Gasteiger partial charge is 0.349 e. The second-order valence-electron chi connectivity index (χ2n) is 6.20. The minimum Gasteiger partial charge on any atom is -0.349 e. The van der Waals surface area contributed by atoms with Gasteiger partial charge in [0, 0.05) is 6.54 Å². The molecule has 0 bridgehead atoms. The second-order valence-corrected chi connectivity index (χ2v) is 6.20. The van der Waals surface area contributed by atoms with Crippen LogP contribution in [0.2, 0.25) is 0 Å². The minimum absolute atomic E-state index is 0.108. The standard InChI is InChI=1S/C13H20N4O2/c1-13(2)6-8(13)7-15-11(18)10-16-12(19-17-10)9-4-3-5-14-9/h8-9,14H,3-7H2,1-2H3,(H,15,18). The molecule has 6 nitrogen and oxygen atoms in total. The molecule has 2 heterocycles. The maximum Gasteiger partial charge on any atom is 0.292 e. The predicted molar refractivity (Wildman–Crippen MR) is 68.5 cm³/mol. The van der Waals surface area contributed by atoms with E-state index in [0.29, 0.717) is 23.8 Å². The summed E-state index contributed by atoms with van der Waals surface area (Å²) in [5.74, 6) is 0.992. The Balaban J connectivity index is 1.55. The van der Waals surface area contributed by atoms with Crippen molar-refractivity contribution in [3.8, 4) is 0 Å². The summed E-state index contributed by atoms with van der Waals surface area (Å²) in [5.41, 5.74) is 0.365. The van der Waals surface area contributed by atoms with Gasteiger partial charge in [-0.1, -0.05) is 19.0 Å². The SMILES string of the molecule is CC1(C)CC1CNC(=O)c1noc(C2CCCN2)n1. The Morgan fingerprint density at radius 2 is 2.37 bits per heavy atom. The Morgan fingerprint density at radius 3 is 3.00 bits per heavy atom. The van der Waals surface area contributed by atoms with Gasteiger partial charge in [0.1, 0.15) is 0 Å². The lowest BCUT2D eigenvalue weighted by atomic mass is 10.1. The maximum absolute atomic E-state index is 11.9. The molecule has 1 aromatic heterocycles.